The number of anilines is 1. The Kier molecular flexibility index (Phi) is 4.92. The molecule has 0 spiro atoms. The summed E-state index contributed by atoms with van der Waals surface area (Å²) < 4.78 is 7.11. The molecular weight excluding hydrogens is 366 g/mol. The lowest BCUT2D eigenvalue weighted by Crippen LogP contribution is -2.38. The van der Waals surface area contributed by atoms with Crippen LogP contribution in [-0.2, 0) is 16.0 Å². The van der Waals surface area contributed by atoms with E-state index in [-0.39, 0.29) is 18.6 Å². The average molecular weight is 389 g/mol. The van der Waals surface area contributed by atoms with E-state index in [0.717, 1.165) is 23.4 Å². The lowest BCUT2D eigenvalue weighted by atomic mass is 10.1. The van der Waals surface area contributed by atoms with Crippen molar-refractivity contribution in [3.8, 4) is 5.69 Å². The van der Waals surface area contributed by atoms with E-state index >= 15 is 0 Å². The lowest BCUT2D eigenvalue weighted by Gasteiger charge is -2.22. The number of hydrogen-bond donors (Lipinski definition) is 0. The van der Waals surface area contributed by atoms with Crippen LogP contribution in [0.1, 0.15) is 34.2 Å². The van der Waals surface area contributed by atoms with Gasteiger partial charge in [-0.1, -0.05) is 36.4 Å². The summed E-state index contributed by atoms with van der Waals surface area (Å²) >= 11 is 0. The number of hydrogen-bond acceptors (Lipinski definition) is 4. The zero-order valence-corrected chi connectivity index (χ0v) is 16.8. The van der Waals surface area contributed by atoms with Gasteiger partial charge in [-0.25, -0.2) is 9.48 Å². The van der Waals surface area contributed by atoms with Crippen molar-refractivity contribution in [2.75, 3.05) is 11.5 Å². The van der Waals surface area contributed by atoms with E-state index in [2.05, 4.69) is 5.10 Å². The molecule has 0 radical (unpaired) electrons. The SMILES string of the molecule is Cc1nn(-c2ccccc2)c(C)c1C(=O)OCC(=O)N1c2ccccc2C[C@H]1C. The number of ether oxygens (including phenoxy) is 1. The van der Waals surface area contributed by atoms with Crippen LogP contribution >= 0.6 is 0 Å². The maximum atomic E-state index is 12.8. The van der Waals surface area contributed by atoms with E-state index in [9.17, 15) is 9.59 Å². The quantitative estimate of drug-likeness (QED) is 0.639. The van der Waals surface area contributed by atoms with Crippen molar-refractivity contribution >= 4 is 17.6 Å². The average Bonchev–Trinajstić information content (AvgIpc) is 3.21. The first-order chi connectivity index (χ1) is 14.0. The fourth-order valence-electron chi connectivity index (χ4n) is 3.97. The summed E-state index contributed by atoms with van der Waals surface area (Å²) in [5, 5.41) is 4.47. The van der Waals surface area contributed by atoms with Crippen molar-refractivity contribution in [3.63, 3.8) is 0 Å². The number of carbonyl (C=O) groups excluding carboxylic acids is 2. The smallest absolute Gasteiger partial charge is 0.342 e. The fourth-order valence-corrected chi connectivity index (χ4v) is 3.97. The van der Waals surface area contributed by atoms with Crippen LogP contribution in [0.15, 0.2) is 54.6 Å². The van der Waals surface area contributed by atoms with E-state index in [1.165, 1.54) is 0 Å². The molecule has 6 nitrogen and oxygen atoms in total. The second-order valence-electron chi connectivity index (χ2n) is 7.31. The second-order valence-corrected chi connectivity index (χ2v) is 7.31. The van der Waals surface area contributed by atoms with Crippen molar-refractivity contribution in [2.24, 2.45) is 0 Å². The minimum atomic E-state index is -0.532. The molecule has 2 heterocycles. The zero-order chi connectivity index (χ0) is 20.5. The molecular formula is C23H23N3O3. The van der Waals surface area contributed by atoms with Gasteiger partial charge in [0.2, 0.25) is 0 Å². The van der Waals surface area contributed by atoms with Gasteiger partial charge in [-0.15, -0.1) is 0 Å². The molecule has 6 heteroatoms. The van der Waals surface area contributed by atoms with Crippen LogP contribution in [0, 0.1) is 13.8 Å². The molecule has 0 saturated carbocycles. The van der Waals surface area contributed by atoms with Crippen LogP contribution in [-0.4, -0.2) is 34.3 Å². The first-order valence-corrected chi connectivity index (χ1v) is 9.66. The monoisotopic (exact) mass is 389 g/mol. The zero-order valence-electron chi connectivity index (χ0n) is 16.8. The molecule has 0 fully saturated rings. The Balaban J connectivity index is 1.50. The van der Waals surface area contributed by atoms with Gasteiger partial charge in [0.05, 0.1) is 17.1 Å². The summed E-state index contributed by atoms with van der Waals surface area (Å²) in [7, 11) is 0. The Labute approximate surface area is 169 Å². The molecule has 1 atom stereocenters. The van der Waals surface area contributed by atoms with Gasteiger partial charge in [-0.3, -0.25) is 4.79 Å². The molecule has 1 aromatic heterocycles. The maximum absolute atomic E-state index is 12.8. The number of fused-ring (bicyclic) bond motifs is 1. The highest BCUT2D eigenvalue weighted by Crippen LogP contribution is 2.31. The molecule has 1 aliphatic heterocycles. The van der Waals surface area contributed by atoms with Gasteiger partial charge >= 0.3 is 5.97 Å². The van der Waals surface area contributed by atoms with Crippen molar-refractivity contribution in [2.45, 2.75) is 33.2 Å². The summed E-state index contributed by atoms with van der Waals surface area (Å²) in [6.07, 6.45) is 0.803. The standard InChI is InChI=1S/C23H23N3O3/c1-15-13-18-9-7-8-12-20(18)25(15)21(27)14-29-23(28)22-16(2)24-26(17(22)3)19-10-5-4-6-11-19/h4-12,15H,13-14H2,1-3H3/t15-/m1/s1. The number of nitrogens with zero attached hydrogens (tertiary/aromatic N) is 3. The number of amides is 1. The van der Waals surface area contributed by atoms with Gasteiger partial charge in [-0.05, 0) is 51.0 Å². The highest BCUT2D eigenvalue weighted by atomic mass is 16.5. The number of rotatable bonds is 4. The van der Waals surface area contributed by atoms with E-state index in [1.54, 1.807) is 16.5 Å². The van der Waals surface area contributed by atoms with Crippen molar-refractivity contribution < 1.29 is 14.3 Å². The van der Waals surface area contributed by atoms with E-state index in [4.69, 9.17) is 4.74 Å². The van der Waals surface area contributed by atoms with Crippen LogP contribution in [0.4, 0.5) is 5.69 Å². The number of para-hydroxylation sites is 2. The first-order valence-electron chi connectivity index (χ1n) is 9.66. The van der Waals surface area contributed by atoms with Crippen molar-refractivity contribution in [1.29, 1.82) is 0 Å². The Morgan fingerprint density at radius 1 is 1.07 bits per heavy atom. The van der Waals surface area contributed by atoms with Crippen LogP contribution in [0.3, 0.4) is 0 Å². The molecule has 1 aliphatic rings. The third-order valence-corrected chi connectivity index (χ3v) is 5.30. The Hall–Kier alpha value is -3.41. The lowest BCUT2D eigenvalue weighted by molar-refractivity contribution is -0.122. The highest BCUT2D eigenvalue weighted by Gasteiger charge is 2.31. The molecule has 0 aliphatic carbocycles. The predicted molar refractivity (Wildman–Crippen MR) is 110 cm³/mol. The van der Waals surface area contributed by atoms with Crippen LogP contribution < -0.4 is 4.90 Å². The molecule has 4 rings (SSSR count). The normalized spacial score (nSPS) is 15.3. The number of aryl methyl sites for hydroxylation is 1. The molecule has 0 saturated heterocycles. The van der Waals surface area contributed by atoms with Crippen LogP contribution in [0.5, 0.6) is 0 Å². The summed E-state index contributed by atoms with van der Waals surface area (Å²) in [4.78, 5) is 27.2. The predicted octanol–water partition coefficient (Wildman–Crippen LogP) is 3.62. The second kappa shape index (κ2) is 7.54. The molecule has 2 aromatic carbocycles. The van der Waals surface area contributed by atoms with Gasteiger partial charge < -0.3 is 9.64 Å². The fraction of sp³-hybridized carbons (Fsp3) is 0.261. The Morgan fingerprint density at radius 3 is 2.52 bits per heavy atom. The minimum absolute atomic E-state index is 0.0444. The summed E-state index contributed by atoms with van der Waals surface area (Å²) in [5.74, 6) is -0.753. The molecule has 0 bridgehead atoms. The molecule has 1 amide bonds. The van der Waals surface area contributed by atoms with Crippen LogP contribution in [0.2, 0.25) is 0 Å². The summed E-state index contributed by atoms with van der Waals surface area (Å²) in [6.45, 7) is 5.29. The molecule has 29 heavy (non-hydrogen) atoms. The van der Waals surface area contributed by atoms with Crippen molar-refractivity contribution in [1.82, 2.24) is 9.78 Å². The Bertz CT molecular complexity index is 1070. The van der Waals surface area contributed by atoms with Gasteiger partial charge in [0, 0.05) is 11.7 Å². The minimum Gasteiger partial charge on any atom is -0.452 e. The highest BCUT2D eigenvalue weighted by molar-refractivity contribution is 5.99. The Morgan fingerprint density at radius 2 is 1.76 bits per heavy atom. The first kappa shape index (κ1) is 18.9. The number of aromatic nitrogens is 2. The van der Waals surface area contributed by atoms with E-state index in [0.29, 0.717) is 17.0 Å². The number of carbonyl (C=O) groups is 2. The molecule has 0 N–H and O–H groups in total. The largest absolute Gasteiger partial charge is 0.452 e. The third-order valence-electron chi connectivity index (χ3n) is 5.30. The molecule has 148 valence electrons. The van der Waals surface area contributed by atoms with E-state index < -0.39 is 5.97 Å². The van der Waals surface area contributed by atoms with Crippen LogP contribution in [0.25, 0.3) is 5.69 Å². The molecule has 3 aromatic rings. The van der Waals surface area contributed by atoms with Gasteiger partial charge in [0.15, 0.2) is 6.61 Å². The molecule has 0 unspecified atom stereocenters. The van der Waals surface area contributed by atoms with Gasteiger partial charge in [0.25, 0.3) is 5.91 Å². The topological polar surface area (TPSA) is 64.4 Å². The summed E-state index contributed by atoms with van der Waals surface area (Å²) in [5.41, 5.74) is 4.55. The number of esters is 1. The van der Waals surface area contributed by atoms with Crippen molar-refractivity contribution in [3.05, 3.63) is 77.1 Å². The third kappa shape index (κ3) is 3.42. The van der Waals surface area contributed by atoms with E-state index in [1.807, 2.05) is 68.4 Å². The van der Waals surface area contributed by atoms with Gasteiger partial charge in [0.1, 0.15) is 5.56 Å². The maximum Gasteiger partial charge on any atom is 0.342 e. The van der Waals surface area contributed by atoms with Gasteiger partial charge in [-0.2, -0.15) is 5.10 Å². The summed E-state index contributed by atoms with van der Waals surface area (Å²) in [6, 6.07) is 17.5. The number of benzene rings is 2.